The van der Waals surface area contributed by atoms with E-state index in [4.69, 9.17) is 4.74 Å². The number of fused-ring (bicyclic) bond motifs is 1. The van der Waals surface area contributed by atoms with Gasteiger partial charge in [-0.3, -0.25) is 14.5 Å². The molecule has 0 atom stereocenters. The van der Waals surface area contributed by atoms with Crippen LogP contribution in [0.3, 0.4) is 0 Å². The van der Waals surface area contributed by atoms with Gasteiger partial charge in [0.05, 0.1) is 12.2 Å². The van der Waals surface area contributed by atoms with Crippen LogP contribution >= 0.6 is 0 Å². The third-order valence-electron chi connectivity index (χ3n) is 6.70. The van der Waals surface area contributed by atoms with Crippen LogP contribution in [0.4, 0.5) is 5.69 Å². The summed E-state index contributed by atoms with van der Waals surface area (Å²) in [4.78, 5) is 27.8. The van der Waals surface area contributed by atoms with Crippen LogP contribution in [0.25, 0.3) is 6.08 Å². The van der Waals surface area contributed by atoms with Crippen LogP contribution in [0, 0.1) is 6.92 Å². The van der Waals surface area contributed by atoms with Crippen LogP contribution in [0.1, 0.15) is 59.2 Å². The summed E-state index contributed by atoms with van der Waals surface area (Å²) in [6.45, 7) is 2.50. The van der Waals surface area contributed by atoms with Gasteiger partial charge in [-0.2, -0.15) is 0 Å². The van der Waals surface area contributed by atoms with Crippen molar-refractivity contribution in [3.8, 4) is 5.75 Å². The smallest absolute Gasteiger partial charge is 0.294 e. The fourth-order valence-corrected chi connectivity index (χ4v) is 4.69. The first-order valence-corrected chi connectivity index (χ1v) is 12.3. The zero-order valence-electron chi connectivity index (χ0n) is 20.0. The van der Waals surface area contributed by atoms with Crippen LogP contribution in [0.15, 0.2) is 78.6 Å². The van der Waals surface area contributed by atoms with Gasteiger partial charge in [-0.05, 0) is 61.2 Å². The van der Waals surface area contributed by atoms with E-state index < -0.39 is 0 Å². The molecule has 178 valence electrons. The first-order chi connectivity index (χ1) is 17.1. The molecule has 0 spiro atoms. The molecule has 5 nitrogen and oxygen atoms in total. The molecule has 1 heterocycles. The number of aryl methyl sites for hydroxylation is 1. The molecule has 3 aromatic carbocycles. The highest BCUT2D eigenvalue weighted by atomic mass is 16.5. The molecule has 0 radical (unpaired) electrons. The summed E-state index contributed by atoms with van der Waals surface area (Å²) in [6, 6.07) is 23.3. The third-order valence-corrected chi connectivity index (χ3v) is 6.70. The molecule has 5 heteroatoms. The van der Waals surface area contributed by atoms with Gasteiger partial charge in [-0.15, -0.1) is 0 Å². The zero-order chi connectivity index (χ0) is 24.2. The number of anilines is 1. The van der Waals surface area contributed by atoms with Crippen molar-refractivity contribution in [3.63, 3.8) is 0 Å². The van der Waals surface area contributed by atoms with Crippen LogP contribution in [0.5, 0.6) is 5.75 Å². The molecule has 2 aliphatic rings. The Hall–Kier alpha value is -3.86. The SMILES string of the molecule is Cc1ccc(CN2C(=O)C(=Cc3ccc(C(=O)NC4CCCCC4)cc3)Oc3ccccc32)cc1. The summed E-state index contributed by atoms with van der Waals surface area (Å²) in [5, 5.41) is 3.15. The van der Waals surface area contributed by atoms with Gasteiger partial charge in [0.25, 0.3) is 11.8 Å². The zero-order valence-corrected chi connectivity index (χ0v) is 20.0. The fourth-order valence-electron chi connectivity index (χ4n) is 4.69. The van der Waals surface area contributed by atoms with Gasteiger partial charge < -0.3 is 10.1 Å². The van der Waals surface area contributed by atoms with E-state index in [1.807, 2.05) is 55.5 Å². The van der Waals surface area contributed by atoms with Crippen molar-refractivity contribution in [2.24, 2.45) is 0 Å². The van der Waals surface area contributed by atoms with Gasteiger partial charge in [0.2, 0.25) is 0 Å². The molecule has 0 unspecified atom stereocenters. The lowest BCUT2D eigenvalue weighted by Gasteiger charge is -2.30. The van der Waals surface area contributed by atoms with Crippen LogP contribution in [-0.2, 0) is 11.3 Å². The van der Waals surface area contributed by atoms with E-state index in [9.17, 15) is 9.59 Å². The normalized spacial score (nSPS) is 17.1. The van der Waals surface area contributed by atoms with E-state index in [1.165, 1.54) is 24.8 Å². The first-order valence-electron chi connectivity index (χ1n) is 12.3. The highest BCUT2D eigenvalue weighted by Gasteiger charge is 2.30. The molecule has 1 aliphatic heterocycles. The van der Waals surface area contributed by atoms with Crippen LogP contribution < -0.4 is 15.0 Å². The predicted octanol–water partition coefficient (Wildman–Crippen LogP) is 6.02. The van der Waals surface area contributed by atoms with Gasteiger partial charge >= 0.3 is 0 Å². The van der Waals surface area contributed by atoms with Gasteiger partial charge in [-0.1, -0.05) is 73.4 Å². The number of carbonyl (C=O) groups excluding carboxylic acids is 2. The lowest BCUT2D eigenvalue weighted by atomic mass is 9.95. The summed E-state index contributed by atoms with van der Waals surface area (Å²) >= 11 is 0. The van der Waals surface area contributed by atoms with Crippen molar-refractivity contribution in [3.05, 3.63) is 101 Å². The summed E-state index contributed by atoms with van der Waals surface area (Å²) in [5.74, 6) is 0.673. The Morgan fingerprint density at radius 2 is 1.69 bits per heavy atom. The summed E-state index contributed by atoms with van der Waals surface area (Å²) in [7, 11) is 0. The molecule has 0 bridgehead atoms. The number of para-hydroxylation sites is 2. The minimum absolute atomic E-state index is 0.0423. The molecule has 1 aliphatic carbocycles. The highest BCUT2D eigenvalue weighted by Crippen LogP contribution is 2.36. The number of hydrogen-bond donors (Lipinski definition) is 1. The Morgan fingerprint density at radius 1 is 0.971 bits per heavy atom. The van der Waals surface area contributed by atoms with Gasteiger partial charge in [0.15, 0.2) is 11.5 Å². The Labute approximate surface area is 206 Å². The largest absolute Gasteiger partial charge is 0.449 e. The summed E-state index contributed by atoms with van der Waals surface area (Å²) in [5.41, 5.74) is 4.41. The minimum Gasteiger partial charge on any atom is -0.449 e. The van der Waals surface area contributed by atoms with Crippen LogP contribution in [0.2, 0.25) is 0 Å². The van der Waals surface area contributed by atoms with E-state index in [0.29, 0.717) is 17.9 Å². The lowest BCUT2D eigenvalue weighted by Crippen LogP contribution is -2.36. The molecular weight excluding hydrogens is 436 g/mol. The van der Waals surface area contributed by atoms with Crippen molar-refractivity contribution < 1.29 is 14.3 Å². The second-order valence-corrected chi connectivity index (χ2v) is 9.39. The Balaban J connectivity index is 1.35. The maximum atomic E-state index is 13.4. The lowest BCUT2D eigenvalue weighted by molar-refractivity contribution is -0.117. The fraction of sp³-hybridized carbons (Fsp3) is 0.267. The van der Waals surface area contributed by atoms with Gasteiger partial charge in [0.1, 0.15) is 0 Å². The topological polar surface area (TPSA) is 58.6 Å². The Bertz CT molecular complexity index is 1240. The van der Waals surface area contributed by atoms with Crippen LogP contribution in [-0.4, -0.2) is 17.9 Å². The van der Waals surface area contributed by atoms with E-state index in [-0.39, 0.29) is 23.6 Å². The highest BCUT2D eigenvalue weighted by molar-refractivity contribution is 6.09. The number of rotatable bonds is 5. The molecule has 3 aromatic rings. The van der Waals surface area contributed by atoms with E-state index in [2.05, 4.69) is 17.4 Å². The van der Waals surface area contributed by atoms with Crippen molar-refractivity contribution in [2.45, 2.75) is 51.6 Å². The van der Waals surface area contributed by atoms with Crippen molar-refractivity contribution >= 4 is 23.6 Å². The van der Waals surface area contributed by atoms with E-state index in [0.717, 1.165) is 29.7 Å². The summed E-state index contributed by atoms with van der Waals surface area (Å²) < 4.78 is 6.00. The number of benzene rings is 3. The number of hydrogen-bond acceptors (Lipinski definition) is 3. The molecule has 1 saturated carbocycles. The minimum atomic E-state index is -0.191. The predicted molar refractivity (Wildman–Crippen MR) is 138 cm³/mol. The average Bonchev–Trinajstić information content (AvgIpc) is 2.88. The second-order valence-electron chi connectivity index (χ2n) is 9.39. The number of amides is 2. The van der Waals surface area contributed by atoms with Crippen molar-refractivity contribution in [1.29, 1.82) is 0 Å². The number of carbonyl (C=O) groups is 2. The van der Waals surface area contributed by atoms with Crippen molar-refractivity contribution in [1.82, 2.24) is 5.32 Å². The maximum Gasteiger partial charge on any atom is 0.294 e. The van der Waals surface area contributed by atoms with E-state index >= 15 is 0 Å². The molecule has 1 N–H and O–H groups in total. The van der Waals surface area contributed by atoms with Gasteiger partial charge in [0, 0.05) is 11.6 Å². The third kappa shape index (κ3) is 5.29. The maximum absolute atomic E-state index is 13.4. The second kappa shape index (κ2) is 10.2. The quantitative estimate of drug-likeness (QED) is 0.468. The number of nitrogens with one attached hydrogen (secondary N) is 1. The molecule has 0 aromatic heterocycles. The molecule has 35 heavy (non-hydrogen) atoms. The van der Waals surface area contributed by atoms with Gasteiger partial charge in [-0.25, -0.2) is 0 Å². The monoisotopic (exact) mass is 466 g/mol. The molecule has 1 fully saturated rings. The Morgan fingerprint density at radius 3 is 2.43 bits per heavy atom. The Kier molecular flexibility index (Phi) is 6.66. The molecular formula is C30H30N2O3. The summed E-state index contributed by atoms with van der Waals surface area (Å²) in [6.07, 6.45) is 7.45. The first kappa shape index (κ1) is 22.9. The molecule has 2 amide bonds. The molecule has 0 saturated heterocycles. The average molecular weight is 467 g/mol. The standard InChI is InChI=1S/C30H30N2O3/c1-21-11-13-23(14-12-21)20-32-26-9-5-6-10-27(26)35-28(30(32)34)19-22-15-17-24(18-16-22)29(33)31-25-7-3-2-4-8-25/h5-6,9-19,25H,2-4,7-8,20H2,1H3,(H,31,33). The number of nitrogens with zero attached hydrogens (tertiary/aromatic N) is 1. The molecule has 5 rings (SSSR count). The number of ether oxygens (including phenoxy) is 1. The van der Waals surface area contributed by atoms with E-state index in [1.54, 1.807) is 23.1 Å². The van der Waals surface area contributed by atoms with Crippen molar-refractivity contribution in [2.75, 3.05) is 4.90 Å².